The standard InChI is InChI=1S/C6H13N3OS/c1-6(4-10)5-11-3-2-8-9-7/h6,10H,2-5H2,1H3. The van der Waals surface area contributed by atoms with Crippen LogP contribution in [0.15, 0.2) is 5.11 Å². The van der Waals surface area contributed by atoms with Gasteiger partial charge in [0.05, 0.1) is 0 Å². The van der Waals surface area contributed by atoms with Crippen molar-refractivity contribution in [1.29, 1.82) is 0 Å². The summed E-state index contributed by atoms with van der Waals surface area (Å²) in [5.41, 5.74) is 7.93. The molecule has 0 saturated carbocycles. The number of aliphatic hydroxyl groups is 1. The van der Waals surface area contributed by atoms with Crippen molar-refractivity contribution in [2.24, 2.45) is 11.0 Å². The summed E-state index contributed by atoms with van der Waals surface area (Å²) in [6.45, 7) is 2.76. The zero-order chi connectivity index (χ0) is 8.53. The van der Waals surface area contributed by atoms with Gasteiger partial charge in [-0.25, -0.2) is 0 Å². The second-order valence-electron chi connectivity index (χ2n) is 2.32. The van der Waals surface area contributed by atoms with Crippen molar-refractivity contribution in [3.63, 3.8) is 0 Å². The summed E-state index contributed by atoms with van der Waals surface area (Å²) < 4.78 is 0. The van der Waals surface area contributed by atoms with Gasteiger partial charge in [0.25, 0.3) is 0 Å². The fraction of sp³-hybridized carbons (Fsp3) is 1.00. The smallest absolute Gasteiger partial charge is 0.0464 e. The summed E-state index contributed by atoms with van der Waals surface area (Å²) in [6.07, 6.45) is 0. The molecule has 0 aromatic carbocycles. The zero-order valence-corrected chi connectivity index (χ0v) is 7.42. The van der Waals surface area contributed by atoms with Crippen molar-refractivity contribution in [2.75, 3.05) is 24.7 Å². The van der Waals surface area contributed by atoms with Crippen LogP contribution < -0.4 is 0 Å². The first-order valence-corrected chi connectivity index (χ1v) is 4.66. The van der Waals surface area contributed by atoms with Gasteiger partial charge in [0.2, 0.25) is 0 Å². The second kappa shape index (κ2) is 7.72. The molecule has 11 heavy (non-hydrogen) atoms. The molecule has 0 aliphatic heterocycles. The SMILES string of the molecule is CC(CO)CSCCN=[N+]=[N-]. The van der Waals surface area contributed by atoms with Gasteiger partial charge in [-0.3, -0.25) is 0 Å². The van der Waals surface area contributed by atoms with E-state index in [0.29, 0.717) is 12.5 Å². The maximum Gasteiger partial charge on any atom is 0.0464 e. The van der Waals surface area contributed by atoms with E-state index in [1.54, 1.807) is 11.8 Å². The summed E-state index contributed by atoms with van der Waals surface area (Å²) >= 11 is 1.70. The van der Waals surface area contributed by atoms with Crippen LogP contribution in [0.4, 0.5) is 0 Å². The van der Waals surface area contributed by atoms with Crippen molar-refractivity contribution >= 4 is 11.8 Å². The molecule has 1 unspecified atom stereocenters. The van der Waals surface area contributed by atoms with Gasteiger partial charge in [-0.15, -0.1) is 0 Å². The van der Waals surface area contributed by atoms with Crippen LogP contribution in [0.5, 0.6) is 0 Å². The van der Waals surface area contributed by atoms with Crippen molar-refractivity contribution in [3.8, 4) is 0 Å². The highest BCUT2D eigenvalue weighted by molar-refractivity contribution is 7.99. The van der Waals surface area contributed by atoms with Crippen LogP contribution in [0.3, 0.4) is 0 Å². The predicted molar refractivity (Wildman–Crippen MR) is 47.6 cm³/mol. The first-order valence-electron chi connectivity index (χ1n) is 3.50. The summed E-state index contributed by atoms with van der Waals surface area (Å²) in [7, 11) is 0. The van der Waals surface area contributed by atoms with Crippen LogP contribution in [0.1, 0.15) is 6.92 Å². The van der Waals surface area contributed by atoms with Crippen LogP contribution in [0.2, 0.25) is 0 Å². The monoisotopic (exact) mass is 175 g/mol. The van der Waals surface area contributed by atoms with Gasteiger partial charge < -0.3 is 5.11 Å². The second-order valence-corrected chi connectivity index (χ2v) is 3.47. The van der Waals surface area contributed by atoms with Crippen molar-refractivity contribution < 1.29 is 5.11 Å². The molecule has 0 saturated heterocycles. The summed E-state index contributed by atoms with van der Waals surface area (Å²) in [6, 6.07) is 0. The predicted octanol–water partition coefficient (Wildman–Crippen LogP) is 1.66. The fourth-order valence-corrected chi connectivity index (χ4v) is 1.37. The maximum atomic E-state index is 8.64. The molecule has 1 N–H and O–H groups in total. The van der Waals surface area contributed by atoms with Gasteiger partial charge in [-0.2, -0.15) is 11.8 Å². The Hall–Kier alpha value is -0.380. The molecule has 0 fully saturated rings. The molecule has 0 aromatic heterocycles. The number of thioether (sulfide) groups is 1. The Bertz CT molecular complexity index is 136. The van der Waals surface area contributed by atoms with Crippen LogP contribution in [-0.4, -0.2) is 29.8 Å². The van der Waals surface area contributed by atoms with Gasteiger partial charge in [0.1, 0.15) is 0 Å². The van der Waals surface area contributed by atoms with Gasteiger partial charge >= 0.3 is 0 Å². The molecule has 0 aromatic rings. The minimum atomic E-state index is 0.231. The fourth-order valence-electron chi connectivity index (χ4n) is 0.487. The van der Waals surface area contributed by atoms with Crippen LogP contribution >= 0.6 is 11.8 Å². The Balaban J connectivity index is 3.07. The normalized spacial score (nSPS) is 12.2. The van der Waals surface area contributed by atoms with Gasteiger partial charge in [-0.1, -0.05) is 12.0 Å². The van der Waals surface area contributed by atoms with E-state index in [0.717, 1.165) is 11.5 Å². The molecule has 64 valence electrons. The molecule has 0 rings (SSSR count). The average Bonchev–Trinajstić information content (AvgIpc) is 2.04. The maximum absolute atomic E-state index is 8.64. The molecule has 0 heterocycles. The molecule has 4 nitrogen and oxygen atoms in total. The number of aliphatic hydroxyl groups excluding tert-OH is 1. The quantitative estimate of drug-likeness (QED) is 0.288. The molecule has 0 amide bonds. The largest absolute Gasteiger partial charge is 0.396 e. The number of hydrogen-bond donors (Lipinski definition) is 1. The third-order valence-electron chi connectivity index (χ3n) is 1.11. The minimum absolute atomic E-state index is 0.231. The van der Waals surface area contributed by atoms with E-state index in [1.165, 1.54) is 0 Å². The van der Waals surface area contributed by atoms with Gasteiger partial charge in [0.15, 0.2) is 0 Å². The van der Waals surface area contributed by atoms with Crippen molar-refractivity contribution in [2.45, 2.75) is 6.92 Å². The van der Waals surface area contributed by atoms with Crippen LogP contribution in [0.25, 0.3) is 10.4 Å². The molecule has 0 bridgehead atoms. The highest BCUT2D eigenvalue weighted by Crippen LogP contribution is 2.06. The third kappa shape index (κ3) is 7.52. The highest BCUT2D eigenvalue weighted by atomic mass is 32.2. The Morgan fingerprint density at radius 3 is 3.00 bits per heavy atom. The number of nitrogens with zero attached hydrogens (tertiary/aromatic N) is 3. The summed E-state index contributed by atoms with van der Waals surface area (Å²) in [4.78, 5) is 2.63. The van der Waals surface area contributed by atoms with E-state index in [9.17, 15) is 0 Å². The molecule has 1 atom stereocenters. The highest BCUT2D eigenvalue weighted by Gasteiger charge is 1.97. The summed E-state index contributed by atoms with van der Waals surface area (Å²) in [5, 5.41) is 12.0. The lowest BCUT2D eigenvalue weighted by atomic mass is 10.2. The molecule has 0 aliphatic carbocycles. The first-order chi connectivity index (χ1) is 5.31. The van der Waals surface area contributed by atoms with Crippen LogP contribution in [0, 0.1) is 5.92 Å². The number of rotatable bonds is 6. The number of hydrogen-bond acceptors (Lipinski definition) is 3. The average molecular weight is 175 g/mol. The van der Waals surface area contributed by atoms with Crippen LogP contribution in [-0.2, 0) is 0 Å². The van der Waals surface area contributed by atoms with E-state index < -0.39 is 0 Å². The van der Waals surface area contributed by atoms with Crippen molar-refractivity contribution in [1.82, 2.24) is 0 Å². The molecule has 0 radical (unpaired) electrons. The van der Waals surface area contributed by atoms with Gasteiger partial charge in [0, 0.05) is 18.1 Å². The Morgan fingerprint density at radius 2 is 2.45 bits per heavy atom. The van der Waals surface area contributed by atoms with E-state index in [-0.39, 0.29) is 6.61 Å². The molecule has 0 spiro atoms. The molecule has 0 aliphatic rings. The van der Waals surface area contributed by atoms with E-state index in [4.69, 9.17) is 10.6 Å². The first kappa shape index (κ1) is 10.6. The van der Waals surface area contributed by atoms with E-state index in [1.807, 2.05) is 6.92 Å². The minimum Gasteiger partial charge on any atom is -0.396 e. The van der Waals surface area contributed by atoms with E-state index >= 15 is 0 Å². The molecular weight excluding hydrogens is 162 g/mol. The lowest BCUT2D eigenvalue weighted by Gasteiger charge is -2.04. The van der Waals surface area contributed by atoms with Gasteiger partial charge in [-0.05, 0) is 23.0 Å². The molecular formula is C6H13N3OS. The third-order valence-corrected chi connectivity index (χ3v) is 2.39. The van der Waals surface area contributed by atoms with E-state index in [2.05, 4.69) is 10.0 Å². The summed E-state index contributed by atoms with van der Waals surface area (Å²) in [5.74, 6) is 2.11. The topological polar surface area (TPSA) is 69.0 Å². The molecule has 5 heteroatoms. The Morgan fingerprint density at radius 1 is 1.73 bits per heavy atom. The lowest BCUT2D eigenvalue weighted by molar-refractivity contribution is 0.250. The Kier molecular flexibility index (Phi) is 7.46. The number of azide groups is 1. The Labute approximate surface area is 70.6 Å². The lowest BCUT2D eigenvalue weighted by Crippen LogP contribution is -2.04. The zero-order valence-electron chi connectivity index (χ0n) is 6.60. The van der Waals surface area contributed by atoms with Crippen molar-refractivity contribution in [3.05, 3.63) is 10.4 Å².